The Bertz CT molecular complexity index is 830. The second-order valence-corrected chi connectivity index (χ2v) is 5.03. The number of nitrogens with zero attached hydrogens (tertiary/aromatic N) is 2. The molecule has 0 aliphatic rings. The maximum absolute atomic E-state index is 11.3. The van der Waals surface area contributed by atoms with E-state index in [1.54, 1.807) is 18.5 Å². The number of nitrogens with two attached hydrogens (primary N) is 1. The van der Waals surface area contributed by atoms with Gasteiger partial charge in [-0.3, -0.25) is 14.9 Å². The number of benzene rings is 1. The van der Waals surface area contributed by atoms with Gasteiger partial charge in [-0.05, 0) is 18.6 Å². The van der Waals surface area contributed by atoms with Gasteiger partial charge in [-0.2, -0.15) is 0 Å². The van der Waals surface area contributed by atoms with Crippen molar-refractivity contribution in [3.63, 3.8) is 0 Å². The van der Waals surface area contributed by atoms with Gasteiger partial charge in [-0.25, -0.2) is 0 Å². The molecule has 0 amide bonds. The molecule has 114 valence electrons. The van der Waals surface area contributed by atoms with Crippen molar-refractivity contribution in [3.05, 3.63) is 39.1 Å². The molecule has 0 radical (unpaired) electrons. The van der Waals surface area contributed by atoms with Crippen LogP contribution < -0.4 is 5.73 Å². The molecule has 0 aliphatic carbocycles. The molecule has 22 heavy (non-hydrogen) atoms. The van der Waals surface area contributed by atoms with Crippen molar-refractivity contribution in [2.24, 2.45) is 12.8 Å². The van der Waals surface area contributed by atoms with Crippen molar-refractivity contribution in [2.75, 3.05) is 0 Å². The zero-order valence-corrected chi connectivity index (χ0v) is 12.2. The van der Waals surface area contributed by atoms with E-state index in [-0.39, 0.29) is 12.1 Å². The largest absolute Gasteiger partial charge is 0.480 e. The number of aryl methyl sites for hydroxylation is 1. The van der Waals surface area contributed by atoms with Crippen molar-refractivity contribution in [3.8, 4) is 12.3 Å². The Kier molecular flexibility index (Phi) is 3.89. The molecule has 0 fully saturated rings. The van der Waals surface area contributed by atoms with Gasteiger partial charge in [-0.15, -0.1) is 6.42 Å². The van der Waals surface area contributed by atoms with Crippen LogP contribution in [0.5, 0.6) is 0 Å². The number of carbonyl (C=O) groups is 1. The van der Waals surface area contributed by atoms with Crippen LogP contribution in [0.15, 0.2) is 12.1 Å². The van der Waals surface area contributed by atoms with Gasteiger partial charge in [0.1, 0.15) is 6.04 Å². The summed E-state index contributed by atoms with van der Waals surface area (Å²) in [5.74, 6) is 1.34. The van der Waals surface area contributed by atoms with Crippen LogP contribution in [-0.2, 0) is 18.3 Å². The summed E-state index contributed by atoms with van der Waals surface area (Å²) < 4.78 is 1.74. The van der Waals surface area contributed by atoms with Crippen LogP contribution in [0.25, 0.3) is 10.9 Å². The van der Waals surface area contributed by atoms with Crippen molar-refractivity contribution in [2.45, 2.75) is 19.4 Å². The van der Waals surface area contributed by atoms with Gasteiger partial charge in [0, 0.05) is 30.8 Å². The number of hydrogen-bond donors (Lipinski definition) is 2. The Hall–Kier alpha value is -2.85. The fourth-order valence-corrected chi connectivity index (χ4v) is 2.60. The van der Waals surface area contributed by atoms with Crippen molar-refractivity contribution >= 4 is 22.6 Å². The van der Waals surface area contributed by atoms with Crippen LogP contribution in [0.2, 0.25) is 0 Å². The molecule has 0 saturated heterocycles. The summed E-state index contributed by atoms with van der Waals surface area (Å²) in [6.45, 7) is 1.76. The van der Waals surface area contributed by atoms with Gasteiger partial charge in [0.15, 0.2) is 0 Å². The molecule has 3 N–H and O–H groups in total. The lowest BCUT2D eigenvalue weighted by atomic mass is 10.0. The van der Waals surface area contributed by atoms with Crippen LogP contribution in [0.3, 0.4) is 0 Å². The summed E-state index contributed by atoms with van der Waals surface area (Å²) in [7, 11) is 1.73. The summed E-state index contributed by atoms with van der Waals surface area (Å²) in [5.41, 5.74) is 7.79. The van der Waals surface area contributed by atoms with Gasteiger partial charge in [-0.1, -0.05) is 5.92 Å². The number of terminal acetylenes is 1. The first-order valence-corrected chi connectivity index (χ1v) is 6.49. The van der Waals surface area contributed by atoms with Gasteiger partial charge >= 0.3 is 5.97 Å². The van der Waals surface area contributed by atoms with Crippen LogP contribution in [0.4, 0.5) is 5.69 Å². The first-order valence-electron chi connectivity index (χ1n) is 6.49. The first kappa shape index (κ1) is 15.5. The number of carboxylic acids is 1. The number of nitro benzene ring substituents is 1. The molecule has 1 aromatic carbocycles. The van der Waals surface area contributed by atoms with Crippen molar-refractivity contribution < 1.29 is 14.8 Å². The highest BCUT2D eigenvalue weighted by atomic mass is 16.6. The van der Waals surface area contributed by atoms with Gasteiger partial charge < -0.3 is 15.4 Å². The minimum atomic E-state index is -1.16. The third kappa shape index (κ3) is 2.29. The molecule has 0 aliphatic heterocycles. The average Bonchev–Trinajstić information content (AvgIpc) is 2.71. The Balaban J connectivity index is 2.86. The number of aromatic nitrogens is 1. The second-order valence-electron chi connectivity index (χ2n) is 5.03. The van der Waals surface area contributed by atoms with E-state index in [9.17, 15) is 14.9 Å². The lowest BCUT2D eigenvalue weighted by molar-refractivity contribution is -0.383. The summed E-state index contributed by atoms with van der Waals surface area (Å²) >= 11 is 0. The fraction of sp³-hybridized carbons (Fsp3) is 0.267. The van der Waals surface area contributed by atoms with E-state index in [0.29, 0.717) is 27.7 Å². The molecule has 7 heteroatoms. The standard InChI is InChI=1S/C15H15N3O4/c1-4-9-5-6-12(18(21)22)13-10(7-11(16)15(19)20)8(2)17(3)14(9)13/h1,5-6,11H,7,16H2,2-3H3,(H,19,20). The Labute approximate surface area is 126 Å². The number of fused-ring (bicyclic) bond motifs is 1. The van der Waals surface area contributed by atoms with E-state index in [0.717, 1.165) is 0 Å². The molecule has 1 atom stereocenters. The zero-order valence-electron chi connectivity index (χ0n) is 12.2. The molecule has 0 spiro atoms. The topological polar surface area (TPSA) is 111 Å². The predicted molar refractivity (Wildman–Crippen MR) is 81.6 cm³/mol. The summed E-state index contributed by atoms with van der Waals surface area (Å²) in [6, 6.07) is 1.71. The van der Waals surface area contributed by atoms with Crippen LogP contribution in [0, 0.1) is 29.4 Å². The quantitative estimate of drug-likeness (QED) is 0.502. The number of rotatable bonds is 4. The number of carboxylic acid groups (broad SMARTS) is 1. The lowest BCUT2D eigenvalue weighted by Gasteiger charge is -2.07. The number of non-ortho nitro benzene ring substituents is 1. The zero-order chi connectivity index (χ0) is 16.6. The molecule has 0 bridgehead atoms. The van der Waals surface area contributed by atoms with Crippen LogP contribution in [-0.4, -0.2) is 26.6 Å². The maximum atomic E-state index is 11.3. The highest BCUT2D eigenvalue weighted by molar-refractivity contribution is 5.97. The van der Waals surface area contributed by atoms with E-state index in [2.05, 4.69) is 5.92 Å². The van der Waals surface area contributed by atoms with Crippen molar-refractivity contribution in [1.29, 1.82) is 0 Å². The van der Waals surface area contributed by atoms with E-state index in [4.69, 9.17) is 17.3 Å². The Morgan fingerprint density at radius 3 is 2.73 bits per heavy atom. The summed E-state index contributed by atoms with van der Waals surface area (Å²) in [5, 5.41) is 20.7. The van der Waals surface area contributed by atoms with Gasteiger partial charge in [0.05, 0.1) is 15.8 Å². The predicted octanol–water partition coefficient (Wildman–Crippen LogP) is 1.33. The summed E-state index contributed by atoms with van der Waals surface area (Å²) in [6.07, 6.45) is 5.46. The molecule has 1 aromatic heterocycles. The Morgan fingerprint density at radius 2 is 2.23 bits per heavy atom. The smallest absolute Gasteiger partial charge is 0.320 e. The maximum Gasteiger partial charge on any atom is 0.320 e. The molecule has 0 saturated carbocycles. The molecule has 7 nitrogen and oxygen atoms in total. The monoisotopic (exact) mass is 301 g/mol. The molecule has 1 heterocycles. The van der Waals surface area contributed by atoms with Gasteiger partial charge in [0.25, 0.3) is 5.69 Å². The fourth-order valence-electron chi connectivity index (χ4n) is 2.60. The average molecular weight is 301 g/mol. The third-order valence-corrected chi connectivity index (χ3v) is 3.83. The molecular weight excluding hydrogens is 286 g/mol. The van der Waals surface area contributed by atoms with Crippen LogP contribution in [0.1, 0.15) is 16.8 Å². The van der Waals surface area contributed by atoms with Gasteiger partial charge in [0.2, 0.25) is 0 Å². The van der Waals surface area contributed by atoms with Crippen LogP contribution >= 0.6 is 0 Å². The van der Waals surface area contributed by atoms with E-state index < -0.39 is 16.9 Å². The summed E-state index contributed by atoms with van der Waals surface area (Å²) in [4.78, 5) is 21.8. The number of nitro groups is 1. The minimum absolute atomic E-state index is 0.00658. The lowest BCUT2D eigenvalue weighted by Crippen LogP contribution is -2.32. The minimum Gasteiger partial charge on any atom is -0.480 e. The normalized spacial score (nSPS) is 12.1. The highest BCUT2D eigenvalue weighted by Crippen LogP contribution is 2.35. The molecule has 1 unspecified atom stereocenters. The SMILES string of the molecule is C#Cc1ccc([N+](=O)[O-])c2c(CC(N)C(=O)O)c(C)n(C)c12. The molecule has 2 aromatic rings. The van der Waals surface area contributed by atoms with E-state index >= 15 is 0 Å². The molecule has 2 rings (SSSR count). The third-order valence-electron chi connectivity index (χ3n) is 3.83. The van der Waals surface area contributed by atoms with Crippen molar-refractivity contribution in [1.82, 2.24) is 4.57 Å². The first-order chi connectivity index (χ1) is 10.3. The number of aliphatic carboxylic acids is 1. The van der Waals surface area contributed by atoms with E-state index in [1.165, 1.54) is 12.1 Å². The second kappa shape index (κ2) is 5.50. The Morgan fingerprint density at radius 1 is 1.59 bits per heavy atom. The molecular formula is C15H15N3O4. The number of hydrogen-bond acceptors (Lipinski definition) is 4. The highest BCUT2D eigenvalue weighted by Gasteiger charge is 2.26. The van der Waals surface area contributed by atoms with E-state index in [1.807, 2.05) is 0 Å².